The monoisotopic (exact) mass is 302 g/mol. The molecule has 0 radical (unpaired) electrons. The van der Waals surface area contributed by atoms with Gasteiger partial charge in [0.05, 0.1) is 0 Å². The summed E-state index contributed by atoms with van der Waals surface area (Å²) in [7, 11) is 0. The normalized spacial score (nSPS) is 11.3. The Morgan fingerprint density at radius 3 is 2.72 bits per heavy atom. The third-order valence-corrected chi connectivity index (χ3v) is 2.73. The molecule has 1 aromatic carbocycles. The quantitative estimate of drug-likeness (QED) is 0.902. The van der Waals surface area contributed by atoms with Gasteiger partial charge in [0, 0.05) is 18.3 Å². The Hall–Kier alpha value is -1.61. The van der Waals surface area contributed by atoms with Gasteiger partial charge in [0.25, 0.3) is 0 Å². The van der Waals surface area contributed by atoms with Crippen LogP contribution in [-0.4, -0.2) is 4.98 Å². The Morgan fingerprint density at radius 1 is 1.22 bits per heavy atom. The largest absolute Gasteiger partial charge is 0.366 e. The minimum absolute atomic E-state index is 0.778. The molecule has 0 bridgehead atoms. The van der Waals surface area contributed by atoms with E-state index in [4.69, 9.17) is 0 Å². The van der Waals surface area contributed by atoms with Crippen LogP contribution < -0.4 is 5.32 Å². The Morgan fingerprint density at radius 2 is 2.00 bits per heavy atom. The molecule has 0 aliphatic carbocycles. The highest BCUT2D eigenvalue weighted by molar-refractivity contribution is 9.11. The Balaban J connectivity index is 2.12. The summed E-state index contributed by atoms with van der Waals surface area (Å²) < 4.78 is 1.08. The molecule has 0 spiro atoms. The first-order valence-corrected chi connectivity index (χ1v) is 6.61. The van der Waals surface area contributed by atoms with Gasteiger partial charge in [-0.05, 0) is 35.2 Å². The third kappa shape index (κ3) is 3.70. The molecular weight excluding hydrogens is 288 g/mol. The van der Waals surface area contributed by atoms with Gasteiger partial charge in [0.1, 0.15) is 5.82 Å². The average molecular weight is 303 g/mol. The van der Waals surface area contributed by atoms with E-state index >= 15 is 0 Å². The molecule has 2 aromatic rings. The molecule has 3 heteroatoms. The van der Waals surface area contributed by atoms with Gasteiger partial charge < -0.3 is 5.32 Å². The second-order valence-corrected chi connectivity index (χ2v) is 5.26. The van der Waals surface area contributed by atoms with Crippen LogP contribution in [0.2, 0.25) is 0 Å². The number of benzene rings is 1. The van der Waals surface area contributed by atoms with Crippen molar-refractivity contribution in [1.82, 2.24) is 4.98 Å². The van der Waals surface area contributed by atoms with E-state index in [-0.39, 0.29) is 0 Å². The van der Waals surface area contributed by atoms with Crippen LogP contribution in [0.5, 0.6) is 0 Å². The van der Waals surface area contributed by atoms with Crippen LogP contribution in [0, 0.1) is 0 Å². The zero-order valence-electron chi connectivity index (χ0n) is 10.2. The van der Waals surface area contributed by atoms with Crippen LogP contribution in [0.3, 0.4) is 0 Å². The highest BCUT2D eigenvalue weighted by Gasteiger charge is 2.00. The first-order valence-electron chi connectivity index (χ1n) is 5.82. The number of nitrogens with zero attached hydrogens (tertiary/aromatic N) is 1. The first-order chi connectivity index (χ1) is 8.75. The van der Waals surface area contributed by atoms with Gasteiger partial charge in [0.2, 0.25) is 0 Å². The summed E-state index contributed by atoms with van der Waals surface area (Å²) in [6.07, 6.45) is 3.86. The molecule has 0 fully saturated rings. The molecule has 0 saturated heterocycles. The SMILES string of the molecule is C/C(Br)=C/c1cccnc1NCc1ccccc1. The molecule has 0 aliphatic rings. The molecule has 0 amide bonds. The van der Waals surface area contributed by atoms with Crippen LogP contribution in [0.25, 0.3) is 6.08 Å². The van der Waals surface area contributed by atoms with Gasteiger partial charge in [-0.3, -0.25) is 0 Å². The minimum Gasteiger partial charge on any atom is -0.366 e. The molecule has 1 heterocycles. The molecule has 0 aliphatic heterocycles. The van der Waals surface area contributed by atoms with Crippen molar-refractivity contribution < 1.29 is 0 Å². The summed E-state index contributed by atoms with van der Waals surface area (Å²) in [6, 6.07) is 14.3. The van der Waals surface area contributed by atoms with E-state index < -0.39 is 0 Å². The number of hydrogen-bond donors (Lipinski definition) is 1. The van der Waals surface area contributed by atoms with E-state index in [2.05, 4.69) is 44.4 Å². The smallest absolute Gasteiger partial charge is 0.133 e. The third-order valence-electron chi connectivity index (χ3n) is 2.50. The molecule has 1 N–H and O–H groups in total. The van der Waals surface area contributed by atoms with Gasteiger partial charge >= 0.3 is 0 Å². The van der Waals surface area contributed by atoms with Crippen molar-refractivity contribution in [2.24, 2.45) is 0 Å². The summed E-state index contributed by atoms with van der Waals surface area (Å²) >= 11 is 3.45. The molecule has 2 rings (SSSR count). The molecule has 0 atom stereocenters. The van der Waals surface area contributed by atoms with Gasteiger partial charge in [-0.2, -0.15) is 0 Å². The van der Waals surface area contributed by atoms with Gasteiger partial charge in [0.15, 0.2) is 0 Å². The maximum Gasteiger partial charge on any atom is 0.133 e. The number of nitrogens with one attached hydrogen (secondary N) is 1. The topological polar surface area (TPSA) is 24.9 Å². The van der Waals surface area contributed by atoms with Crippen LogP contribution in [-0.2, 0) is 6.54 Å². The maximum atomic E-state index is 4.37. The fraction of sp³-hybridized carbons (Fsp3) is 0.133. The van der Waals surface area contributed by atoms with Crippen LogP contribution in [0.4, 0.5) is 5.82 Å². The van der Waals surface area contributed by atoms with E-state index in [1.54, 1.807) is 6.20 Å². The van der Waals surface area contributed by atoms with Crippen molar-refractivity contribution >= 4 is 27.8 Å². The number of hydrogen-bond acceptors (Lipinski definition) is 2. The van der Waals surface area contributed by atoms with Crippen molar-refractivity contribution in [3.8, 4) is 0 Å². The summed E-state index contributed by atoms with van der Waals surface area (Å²) in [6.45, 7) is 2.79. The average Bonchev–Trinajstić information content (AvgIpc) is 2.38. The molecular formula is C15H15BrN2. The standard InChI is InChI=1S/C15H15BrN2/c1-12(16)10-14-8-5-9-17-15(14)18-11-13-6-3-2-4-7-13/h2-10H,11H2,1H3,(H,17,18)/b12-10-. The Bertz CT molecular complexity index is 531. The van der Waals surface area contributed by atoms with Crippen LogP contribution in [0.1, 0.15) is 18.1 Å². The zero-order chi connectivity index (χ0) is 12.8. The van der Waals surface area contributed by atoms with E-state index in [9.17, 15) is 0 Å². The van der Waals surface area contributed by atoms with Gasteiger partial charge in [-0.1, -0.05) is 46.3 Å². The summed E-state index contributed by atoms with van der Waals surface area (Å²) in [5, 5.41) is 3.36. The van der Waals surface area contributed by atoms with Crippen LogP contribution >= 0.6 is 15.9 Å². The van der Waals surface area contributed by atoms with Crippen molar-refractivity contribution in [3.05, 3.63) is 64.3 Å². The lowest BCUT2D eigenvalue weighted by molar-refractivity contribution is 1.11. The highest BCUT2D eigenvalue weighted by Crippen LogP contribution is 2.18. The second kappa shape index (κ2) is 6.36. The summed E-state index contributed by atoms with van der Waals surface area (Å²) in [5.74, 6) is 0.903. The molecule has 92 valence electrons. The lowest BCUT2D eigenvalue weighted by atomic mass is 10.2. The number of halogens is 1. The Kier molecular flexibility index (Phi) is 4.53. The van der Waals surface area contributed by atoms with Crippen LogP contribution in [0.15, 0.2) is 53.1 Å². The molecule has 0 saturated carbocycles. The number of allylic oxidation sites excluding steroid dienone is 1. The predicted octanol–water partition coefficient (Wildman–Crippen LogP) is 4.45. The molecule has 2 nitrogen and oxygen atoms in total. The summed E-state index contributed by atoms with van der Waals surface area (Å²) in [5.41, 5.74) is 2.33. The maximum absolute atomic E-state index is 4.37. The zero-order valence-corrected chi connectivity index (χ0v) is 11.8. The first kappa shape index (κ1) is 12.8. The number of pyridine rings is 1. The van der Waals surface area contributed by atoms with E-state index in [1.807, 2.05) is 37.3 Å². The number of aromatic nitrogens is 1. The summed E-state index contributed by atoms with van der Waals surface area (Å²) in [4.78, 5) is 4.37. The second-order valence-electron chi connectivity index (χ2n) is 4.01. The van der Waals surface area contributed by atoms with Gasteiger partial charge in [-0.25, -0.2) is 4.98 Å². The number of rotatable bonds is 4. The molecule has 1 aromatic heterocycles. The lowest BCUT2D eigenvalue weighted by Crippen LogP contribution is -2.02. The van der Waals surface area contributed by atoms with Crippen molar-refractivity contribution in [2.45, 2.75) is 13.5 Å². The highest BCUT2D eigenvalue weighted by atomic mass is 79.9. The van der Waals surface area contributed by atoms with Crippen molar-refractivity contribution in [2.75, 3.05) is 5.32 Å². The minimum atomic E-state index is 0.778. The van der Waals surface area contributed by atoms with Crippen molar-refractivity contribution in [3.63, 3.8) is 0 Å². The van der Waals surface area contributed by atoms with Crippen molar-refractivity contribution in [1.29, 1.82) is 0 Å². The van der Waals surface area contributed by atoms with E-state index in [1.165, 1.54) is 5.56 Å². The van der Waals surface area contributed by atoms with E-state index in [0.717, 1.165) is 22.4 Å². The van der Waals surface area contributed by atoms with E-state index in [0.29, 0.717) is 0 Å². The Labute approximate surface area is 116 Å². The molecule has 18 heavy (non-hydrogen) atoms. The molecule has 0 unspecified atom stereocenters. The lowest BCUT2D eigenvalue weighted by Gasteiger charge is -2.08. The fourth-order valence-electron chi connectivity index (χ4n) is 1.68. The van der Waals surface area contributed by atoms with Gasteiger partial charge in [-0.15, -0.1) is 0 Å². The number of anilines is 1. The fourth-order valence-corrected chi connectivity index (χ4v) is 1.92. The predicted molar refractivity (Wildman–Crippen MR) is 80.6 cm³/mol.